The van der Waals surface area contributed by atoms with Crippen LogP contribution in [0, 0.1) is 30.3 Å². The Morgan fingerprint density at radius 2 is 1.66 bits per heavy atom. The number of carbonyl (C=O) groups excluding carboxylic acids is 4. The first-order chi connectivity index (χ1) is 32.8. The summed E-state index contributed by atoms with van der Waals surface area (Å²) in [5.41, 5.74) is -0.908. The van der Waals surface area contributed by atoms with Gasteiger partial charge in [-0.05, 0) is 94.9 Å². The molecule has 1 atom stereocenters. The Morgan fingerprint density at radius 1 is 0.887 bits per heavy atom. The average molecular weight is 858 g/mol. The largest absolute Gasteiger partial charge is 0.367 e. The van der Waals surface area contributed by atoms with Gasteiger partial charge in [-0.2, -0.15) is 0 Å². The van der Waals surface area contributed by atoms with Crippen LogP contribution in [-0.4, -0.2) is 114 Å². The Labute approximate surface area is 366 Å². The molecule has 15 nitrogen and oxygen atoms in total. The second-order valence-corrected chi connectivity index (χ2v) is 15.9. The van der Waals surface area contributed by atoms with Crippen LogP contribution in [0.4, 0.5) is 30.6 Å². The first-order valence-electron chi connectivity index (χ1n) is 24.1. The van der Waals surface area contributed by atoms with Gasteiger partial charge >= 0.3 is 0 Å². The molecule has 0 saturated carbocycles. The Hall–Kier alpha value is -6.27. The predicted molar refractivity (Wildman–Crippen MR) is 223 cm³/mol. The van der Waals surface area contributed by atoms with Gasteiger partial charge in [0, 0.05) is 68.8 Å². The minimum absolute atomic E-state index is 0.00563. The lowest BCUT2D eigenvalue weighted by Gasteiger charge is -2.39. The molecule has 62 heavy (non-hydrogen) atoms. The van der Waals surface area contributed by atoms with Crippen molar-refractivity contribution in [3.8, 4) is 11.3 Å². The van der Waals surface area contributed by atoms with Gasteiger partial charge in [-0.3, -0.25) is 39.2 Å². The first kappa shape index (κ1) is 32.4. The number of hydrogen-bond donors (Lipinski definition) is 2. The number of likely N-dealkylation sites (tertiary alicyclic amines) is 1. The zero-order valence-electron chi connectivity index (χ0n) is 41.8. The number of imide groups is 2. The van der Waals surface area contributed by atoms with Gasteiger partial charge in [-0.25, -0.2) is 33.1 Å². The summed E-state index contributed by atoms with van der Waals surface area (Å²) >= 11 is 0. The van der Waals surface area contributed by atoms with E-state index in [0.717, 1.165) is 23.9 Å². The molecule has 2 aromatic carbocycles. The second kappa shape index (κ2) is 16.5. The summed E-state index contributed by atoms with van der Waals surface area (Å²) in [6.45, 7) is -7.02. The Morgan fingerprint density at radius 3 is 2.37 bits per heavy atom. The van der Waals surface area contributed by atoms with Gasteiger partial charge in [0.15, 0.2) is 17.5 Å². The van der Waals surface area contributed by atoms with Crippen molar-refractivity contribution in [2.75, 3.05) is 55.8 Å². The number of halogens is 3. The molecule has 3 aromatic heterocycles. The number of benzene rings is 2. The Balaban J connectivity index is 0.852. The van der Waals surface area contributed by atoms with E-state index < -0.39 is 102 Å². The molecule has 18 heteroatoms. The van der Waals surface area contributed by atoms with Crippen molar-refractivity contribution in [2.45, 2.75) is 65.1 Å². The molecule has 4 aliphatic heterocycles. The monoisotopic (exact) mass is 857 g/mol. The molecular weight excluding hydrogens is 804 g/mol. The highest BCUT2D eigenvalue weighted by atomic mass is 19.1. The van der Waals surface area contributed by atoms with Gasteiger partial charge in [0.25, 0.3) is 11.8 Å². The van der Waals surface area contributed by atoms with Crippen molar-refractivity contribution in [1.29, 1.82) is 0 Å². The third-order valence-electron chi connectivity index (χ3n) is 11.4. The van der Waals surface area contributed by atoms with Crippen LogP contribution in [0.15, 0.2) is 48.8 Å². The highest BCUT2D eigenvalue weighted by molar-refractivity contribution is 6.24. The van der Waals surface area contributed by atoms with Gasteiger partial charge < -0.3 is 14.8 Å². The van der Waals surface area contributed by atoms with E-state index in [0.29, 0.717) is 59.4 Å². The molecule has 1 unspecified atom stereocenters. The number of carbonyl (C=O) groups is 4. The van der Waals surface area contributed by atoms with Crippen molar-refractivity contribution in [3.05, 3.63) is 88.8 Å². The minimum atomic E-state index is -3.49. The van der Waals surface area contributed by atoms with Gasteiger partial charge in [0.1, 0.15) is 28.9 Å². The van der Waals surface area contributed by atoms with E-state index >= 15 is 13.2 Å². The van der Waals surface area contributed by atoms with Gasteiger partial charge in [-0.1, -0.05) is 6.07 Å². The van der Waals surface area contributed by atoms with Gasteiger partial charge in [0.2, 0.25) is 17.8 Å². The number of amides is 4. The van der Waals surface area contributed by atoms with Gasteiger partial charge in [-0.15, -0.1) is 0 Å². The summed E-state index contributed by atoms with van der Waals surface area (Å²) < 4.78 is 121. The maximum Gasteiger partial charge on any atom is 0.265 e. The number of piperazine rings is 1. The van der Waals surface area contributed by atoms with Crippen molar-refractivity contribution >= 4 is 52.1 Å². The molecule has 5 aromatic rings. The van der Waals surface area contributed by atoms with Crippen LogP contribution < -0.4 is 15.5 Å². The molecule has 0 radical (unpaired) electrons. The number of imidazole rings is 1. The zero-order valence-corrected chi connectivity index (χ0v) is 33.8. The number of nitrogens with zero attached hydrogens (tertiary/aromatic N) is 9. The fourth-order valence-corrected chi connectivity index (χ4v) is 8.40. The van der Waals surface area contributed by atoms with E-state index in [1.54, 1.807) is 25.3 Å². The van der Waals surface area contributed by atoms with E-state index in [9.17, 15) is 19.2 Å². The Bertz CT molecular complexity index is 2960. The quantitative estimate of drug-likeness (QED) is 0.173. The number of fused-ring (bicyclic) bond motifs is 2. The van der Waals surface area contributed by atoms with Crippen LogP contribution in [0.1, 0.15) is 88.6 Å². The van der Waals surface area contributed by atoms with Crippen LogP contribution in [0.2, 0.25) is 0 Å². The number of nitrogens with one attached hydrogen (secondary N) is 2. The molecule has 0 spiro atoms. The molecule has 9 rings (SSSR count). The molecular formula is C44H46F3N11O4. The summed E-state index contributed by atoms with van der Waals surface area (Å²) in [6.07, 6.45) is 2.94. The summed E-state index contributed by atoms with van der Waals surface area (Å²) in [4.78, 5) is 71.3. The van der Waals surface area contributed by atoms with E-state index in [-0.39, 0.29) is 46.5 Å². The Kier molecular flexibility index (Phi) is 8.66. The number of hydrogen-bond acceptors (Lipinski definition) is 12. The zero-order chi connectivity index (χ0) is 50.6. The predicted octanol–water partition coefficient (Wildman–Crippen LogP) is 5.37. The highest BCUT2D eigenvalue weighted by Crippen LogP contribution is 2.35. The minimum Gasteiger partial charge on any atom is -0.367 e. The molecule has 3 fully saturated rings. The normalized spacial score (nSPS) is 24.4. The number of pyridine rings is 1. The van der Waals surface area contributed by atoms with Gasteiger partial charge in [0.05, 0.1) is 34.0 Å². The molecule has 7 heterocycles. The fraction of sp³-hybridized carbons (Fsp3) is 0.409. The van der Waals surface area contributed by atoms with Crippen molar-refractivity contribution in [1.82, 2.24) is 44.5 Å². The average Bonchev–Trinajstić information content (AvgIpc) is 3.76. The third-order valence-corrected chi connectivity index (χ3v) is 11.4. The summed E-state index contributed by atoms with van der Waals surface area (Å²) in [6, 6.07) is 6.50. The SMILES string of the molecule is [2H]C1([2H])N(CC2CCN(Cc3ccc(Nc4ncc(F)c(-c5cc(F)c6nc(C)n(C(C)C)c6c5)n4)nc3)CC2)C([2H])([2H])C([2H])([2H])N(c2ccc3c(c2F)C(=O)N(C2CCC(=O)NC2=O)C3=O)C1([2H])[2H]. The maximum absolute atomic E-state index is 16.6. The number of rotatable bonds is 10. The van der Waals surface area contributed by atoms with Crippen molar-refractivity contribution in [2.24, 2.45) is 5.92 Å². The van der Waals surface area contributed by atoms with Crippen LogP contribution in [0.3, 0.4) is 0 Å². The van der Waals surface area contributed by atoms with E-state index in [4.69, 9.17) is 11.0 Å². The molecule has 3 saturated heterocycles. The summed E-state index contributed by atoms with van der Waals surface area (Å²) in [5, 5.41) is 4.97. The molecule has 322 valence electrons. The summed E-state index contributed by atoms with van der Waals surface area (Å²) in [5.74, 6) is -6.41. The van der Waals surface area contributed by atoms with Crippen molar-refractivity contribution < 1.29 is 43.3 Å². The molecule has 0 aliphatic carbocycles. The second-order valence-electron chi connectivity index (χ2n) is 15.9. The highest BCUT2D eigenvalue weighted by Gasteiger charge is 2.46. The smallest absolute Gasteiger partial charge is 0.265 e. The number of aryl methyl sites for hydroxylation is 1. The van der Waals surface area contributed by atoms with E-state index in [1.807, 2.05) is 29.8 Å². The number of aromatic nitrogens is 5. The van der Waals surface area contributed by atoms with E-state index in [1.165, 1.54) is 6.07 Å². The summed E-state index contributed by atoms with van der Waals surface area (Å²) in [7, 11) is 0. The molecule has 4 aliphatic rings. The maximum atomic E-state index is 16.6. The lowest BCUT2D eigenvalue weighted by molar-refractivity contribution is -0.136. The van der Waals surface area contributed by atoms with Crippen LogP contribution >= 0.6 is 0 Å². The van der Waals surface area contributed by atoms with Crippen LogP contribution in [0.25, 0.3) is 22.3 Å². The van der Waals surface area contributed by atoms with E-state index in [2.05, 4.69) is 30.2 Å². The topological polar surface area (TPSA) is 162 Å². The first-order valence-corrected chi connectivity index (χ1v) is 20.1. The van der Waals surface area contributed by atoms with Crippen LogP contribution in [0.5, 0.6) is 0 Å². The molecule has 0 bridgehead atoms. The molecule has 2 N–H and O–H groups in total. The molecule has 4 amide bonds. The lowest BCUT2D eigenvalue weighted by Crippen LogP contribution is -2.54. The van der Waals surface area contributed by atoms with Crippen LogP contribution in [-0.2, 0) is 16.1 Å². The van der Waals surface area contributed by atoms with Crippen molar-refractivity contribution in [3.63, 3.8) is 0 Å². The standard InChI is InChI=1S/C44H46F3N11O4/c1-24(2)57-25(3)50-40-30(45)18-28(19-34(40)57)39-31(46)21-49-44(53-39)51-35-8-4-27(20-48-35)23-54-12-10-26(11-13-54)22-55-14-16-56(17-15-55)32-6-5-29-37(38(32)47)43(62)58(42(29)61)33-7-9-36(59)52-41(33)60/h4-6,8,18-21,24,26,33H,7,9-17,22-23H2,1-3H3,(H,52,59,60)(H,48,49,51,53)/i14D2,15D2,16D2,17D2. The third kappa shape index (κ3) is 7.76. The lowest BCUT2D eigenvalue weighted by atomic mass is 9.95. The number of piperidine rings is 2. The number of anilines is 3. The fourth-order valence-electron chi connectivity index (χ4n) is 8.40.